The van der Waals surface area contributed by atoms with E-state index in [1.54, 1.807) is 0 Å². The van der Waals surface area contributed by atoms with Gasteiger partial charge in [0.1, 0.15) is 17.2 Å². The normalized spacial score (nSPS) is 11.3. The molecule has 1 N–H and O–H groups in total. The molecule has 3 heteroatoms. The number of hydrogen-bond donors (Lipinski definition) is 1. The minimum Gasteiger partial charge on any atom is -0.369 e. The minimum absolute atomic E-state index is 0.972. The average Bonchev–Trinajstić information content (AvgIpc) is 3.07. The smallest absolute Gasteiger partial charge is 0.147 e. The Morgan fingerprint density at radius 2 is 1.74 bits per heavy atom. The van der Waals surface area contributed by atoms with Crippen LogP contribution in [0.5, 0.6) is 0 Å². The number of nitrogens with zero attached hydrogens (tertiary/aromatic N) is 2. The van der Waals surface area contributed by atoms with E-state index in [0.29, 0.717) is 0 Å². The first-order valence-electron chi connectivity index (χ1n) is 9.99. The van der Waals surface area contributed by atoms with Crippen molar-refractivity contribution in [2.75, 3.05) is 11.9 Å². The maximum atomic E-state index is 5.09. The number of anilines is 1. The van der Waals surface area contributed by atoms with Gasteiger partial charge in [-0.1, -0.05) is 74.7 Å². The first kappa shape index (κ1) is 17.6. The number of fused-ring (bicyclic) bond motifs is 3. The highest BCUT2D eigenvalue weighted by molar-refractivity contribution is 5.96. The van der Waals surface area contributed by atoms with Gasteiger partial charge in [0, 0.05) is 23.7 Å². The molecule has 0 atom stereocenters. The van der Waals surface area contributed by atoms with Crippen molar-refractivity contribution in [3.63, 3.8) is 0 Å². The number of aryl methyl sites for hydroxylation is 1. The molecule has 4 rings (SSSR count). The molecule has 27 heavy (non-hydrogen) atoms. The van der Waals surface area contributed by atoms with E-state index in [9.17, 15) is 0 Å². The Morgan fingerprint density at radius 3 is 2.59 bits per heavy atom. The monoisotopic (exact) mass is 357 g/mol. The van der Waals surface area contributed by atoms with Crippen molar-refractivity contribution in [1.29, 1.82) is 0 Å². The molecule has 2 aromatic carbocycles. The lowest BCUT2D eigenvalue weighted by Crippen LogP contribution is -2.05. The molecule has 2 aromatic heterocycles. The summed E-state index contributed by atoms with van der Waals surface area (Å²) in [5.74, 6) is 1.10. The molecule has 0 unspecified atom stereocenters. The summed E-state index contributed by atoms with van der Waals surface area (Å²) in [4.78, 5) is 5.09. The Bertz CT molecular complexity index is 1060. The number of imidazole rings is 1. The fraction of sp³-hybridized carbons (Fsp3) is 0.292. The van der Waals surface area contributed by atoms with Crippen LogP contribution in [0.25, 0.3) is 27.7 Å². The predicted molar refractivity (Wildman–Crippen MR) is 116 cm³/mol. The van der Waals surface area contributed by atoms with E-state index in [4.69, 9.17) is 4.98 Å². The number of nitrogens with one attached hydrogen (secondary N) is 1. The van der Waals surface area contributed by atoms with Crippen molar-refractivity contribution in [2.45, 2.75) is 39.5 Å². The van der Waals surface area contributed by atoms with Gasteiger partial charge in [-0.05, 0) is 30.4 Å². The van der Waals surface area contributed by atoms with Crippen molar-refractivity contribution in [3.05, 3.63) is 66.4 Å². The lowest BCUT2D eigenvalue weighted by atomic mass is 10.1. The van der Waals surface area contributed by atoms with E-state index in [1.807, 2.05) is 0 Å². The van der Waals surface area contributed by atoms with Crippen LogP contribution in [0.2, 0.25) is 0 Å². The van der Waals surface area contributed by atoms with E-state index < -0.39 is 0 Å². The van der Waals surface area contributed by atoms with Crippen LogP contribution in [0.1, 0.15) is 38.2 Å². The second-order valence-electron chi connectivity index (χ2n) is 7.21. The SMILES string of the molecule is CCCCCCNc1c(-c2ccccc2C)nc2c3ccccc3ccn12. The van der Waals surface area contributed by atoms with Gasteiger partial charge < -0.3 is 5.32 Å². The molecule has 0 aliphatic rings. The summed E-state index contributed by atoms with van der Waals surface area (Å²) in [6, 6.07) is 19.1. The number of pyridine rings is 1. The van der Waals surface area contributed by atoms with Gasteiger partial charge in [0.05, 0.1) is 0 Å². The third-order valence-electron chi connectivity index (χ3n) is 5.24. The lowest BCUT2D eigenvalue weighted by molar-refractivity contribution is 0.684. The topological polar surface area (TPSA) is 29.3 Å². The lowest BCUT2D eigenvalue weighted by Gasteiger charge is -2.10. The Morgan fingerprint density at radius 1 is 0.926 bits per heavy atom. The van der Waals surface area contributed by atoms with Gasteiger partial charge in [0.15, 0.2) is 0 Å². The molecule has 0 spiro atoms. The summed E-state index contributed by atoms with van der Waals surface area (Å²) in [7, 11) is 0. The van der Waals surface area contributed by atoms with Crippen LogP contribution < -0.4 is 5.32 Å². The third-order valence-corrected chi connectivity index (χ3v) is 5.24. The molecule has 0 fully saturated rings. The van der Waals surface area contributed by atoms with Gasteiger partial charge in [-0.3, -0.25) is 4.40 Å². The van der Waals surface area contributed by atoms with E-state index in [2.05, 4.69) is 84.4 Å². The average molecular weight is 358 g/mol. The summed E-state index contributed by atoms with van der Waals surface area (Å²) in [6.45, 7) is 5.38. The molecule has 2 heterocycles. The zero-order chi connectivity index (χ0) is 18.6. The van der Waals surface area contributed by atoms with Crippen LogP contribution in [-0.2, 0) is 0 Å². The van der Waals surface area contributed by atoms with Crippen LogP contribution in [0.3, 0.4) is 0 Å². The molecule has 0 amide bonds. The van der Waals surface area contributed by atoms with Gasteiger partial charge >= 0.3 is 0 Å². The molecule has 0 radical (unpaired) electrons. The standard InChI is InChI=1S/C24H27N3/c1-3-4-5-10-16-25-24-22(20-13-8-6-11-18(20)2)26-23-21-14-9-7-12-19(21)15-17-27(23)24/h6-9,11-15,17,25H,3-5,10,16H2,1-2H3. The quantitative estimate of drug-likeness (QED) is 0.385. The molecule has 0 saturated heterocycles. The molecule has 0 saturated carbocycles. The Balaban J connectivity index is 1.83. The third kappa shape index (κ3) is 3.42. The second-order valence-corrected chi connectivity index (χ2v) is 7.21. The minimum atomic E-state index is 0.972. The molecule has 4 aromatic rings. The van der Waals surface area contributed by atoms with Gasteiger partial charge in [-0.15, -0.1) is 0 Å². The van der Waals surface area contributed by atoms with Crippen LogP contribution in [0.4, 0.5) is 5.82 Å². The summed E-state index contributed by atoms with van der Waals surface area (Å²) in [5.41, 5.74) is 4.50. The first-order valence-corrected chi connectivity index (χ1v) is 9.99. The van der Waals surface area contributed by atoms with Gasteiger partial charge in [-0.25, -0.2) is 4.98 Å². The summed E-state index contributed by atoms with van der Waals surface area (Å²) >= 11 is 0. The van der Waals surface area contributed by atoms with E-state index in [0.717, 1.165) is 23.7 Å². The van der Waals surface area contributed by atoms with Crippen LogP contribution in [0, 0.1) is 6.92 Å². The maximum absolute atomic E-state index is 5.09. The molecule has 3 nitrogen and oxygen atoms in total. The highest BCUT2D eigenvalue weighted by atomic mass is 15.1. The summed E-state index contributed by atoms with van der Waals surface area (Å²) in [6.07, 6.45) is 7.14. The van der Waals surface area contributed by atoms with Crippen LogP contribution in [0.15, 0.2) is 60.8 Å². The number of benzene rings is 2. The fourth-order valence-corrected chi connectivity index (χ4v) is 3.72. The van der Waals surface area contributed by atoms with Crippen molar-refractivity contribution < 1.29 is 0 Å². The number of rotatable bonds is 7. The van der Waals surface area contributed by atoms with E-state index in [1.165, 1.54) is 47.6 Å². The second kappa shape index (κ2) is 7.83. The highest BCUT2D eigenvalue weighted by Crippen LogP contribution is 2.33. The van der Waals surface area contributed by atoms with Crippen molar-refractivity contribution >= 4 is 22.2 Å². The van der Waals surface area contributed by atoms with Gasteiger partial charge in [0.2, 0.25) is 0 Å². The number of hydrogen-bond acceptors (Lipinski definition) is 2. The summed E-state index contributed by atoms with van der Waals surface area (Å²) < 4.78 is 2.21. The van der Waals surface area contributed by atoms with Crippen molar-refractivity contribution in [1.82, 2.24) is 9.38 Å². The van der Waals surface area contributed by atoms with E-state index in [-0.39, 0.29) is 0 Å². The zero-order valence-electron chi connectivity index (χ0n) is 16.2. The zero-order valence-corrected chi connectivity index (χ0v) is 16.2. The Hall–Kier alpha value is -2.81. The molecule has 0 aliphatic carbocycles. The Labute approximate surface area is 161 Å². The van der Waals surface area contributed by atoms with E-state index >= 15 is 0 Å². The molecular weight excluding hydrogens is 330 g/mol. The number of aromatic nitrogens is 2. The largest absolute Gasteiger partial charge is 0.369 e. The highest BCUT2D eigenvalue weighted by Gasteiger charge is 2.16. The Kier molecular flexibility index (Phi) is 5.10. The molecule has 138 valence electrons. The number of unbranched alkanes of at least 4 members (excludes halogenated alkanes) is 3. The molecule has 0 aliphatic heterocycles. The van der Waals surface area contributed by atoms with Crippen molar-refractivity contribution in [3.8, 4) is 11.3 Å². The fourth-order valence-electron chi connectivity index (χ4n) is 3.72. The predicted octanol–water partition coefficient (Wildman–Crippen LogP) is 6.46. The van der Waals surface area contributed by atoms with Gasteiger partial charge in [-0.2, -0.15) is 0 Å². The van der Waals surface area contributed by atoms with Gasteiger partial charge in [0.25, 0.3) is 0 Å². The maximum Gasteiger partial charge on any atom is 0.147 e. The first-order chi connectivity index (χ1) is 13.3. The summed E-state index contributed by atoms with van der Waals surface area (Å²) in [5, 5.41) is 6.10. The molecular formula is C24H27N3. The van der Waals surface area contributed by atoms with Crippen molar-refractivity contribution in [2.24, 2.45) is 0 Å². The molecule has 0 bridgehead atoms. The van der Waals surface area contributed by atoms with Crippen LogP contribution >= 0.6 is 0 Å². The van der Waals surface area contributed by atoms with Crippen LogP contribution in [-0.4, -0.2) is 15.9 Å².